The van der Waals surface area contributed by atoms with Gasteiger partial charge in [-0.15, -0.1) is 0 Å². The van der Waals surface area contributed by atoms with Crippen LogP contribution in [0.5, 0.6) is 11.5 Å². The molecular weight excluding hydrogens is 357 g/mol. The molecule has 26 heavy (non-hydrogen) atoms. The molecule has 1 N–H and O–H groups in total. The van der Waals surface area contributed by atoms with Crippen LogP contribution < -0.4 is 14.8 Å². The maximum atomic E-state index is 13.0. The van der Waals surface area contributed by atoms with Crippen molar-refractivity contribution in [2.24, 2.45) is 0 Å². The number of nitrogens with one attached hydrogen (secondary N) is 1. The van der Waals surface area contributed by atoms with E-state index in [2.05, 4.69) is 5.32 Å². The number of methoxy groups -OCH3 is 1. The van der Waals surface area contributed by atoms with Crippen molar-refractivity contribution in [3.8, 4) is 11.5 Å². The monoisotopic (exact) mass is 375 g/mol. The third-order valence-corrected chi connectivity index (χ3v) is 4.07. The first-order valence-corrected chi connectivity index (χ1v) is 8.50. The fraction of sp³-hybridized carbons (Fsp3) is 0.200. The molecule has 0 spiro atoms. The maximum Gasteiger partial charge on any atom is 0.180 e. The SMILES string of the molecule is COc1cc(CNCc2ccco2)cc(Cl)c1OCc1ccc(F)cc1. The molecular formula is C20H19ClFNO3. The first-order valence-electron chi connectivity index (χ1n) is 8.12. The van der Waals surface area contributed by atoms with E-state index in [4.69, 9.17) is 25.5 Å². The third-order valence-electron chi connectivity index (χ3n) is 3.79. The van der Waals surface area contributed by atoms with Crippen LogP contribution in [0.3, 0.4) is 0 Å². The predicted octanol–water partition coefficient (Wildman–Crippen LogP) is 4.95. The standard InChI is InChI=1S/C20H19ClFNO3/c1-24-19-10-15(11-23-12-17-3-2-8-25-17)9-18(21)20(19)26-13-14-4-6-16(22)7-5-14/h2-10,23H,11-13H2,1H3. The summed E-state index contributed by atoms with van der Waals surface area (Å²) in [5, 5.41) is 3.74. The van der Waals surface area contributed by atoms with Gasteiger partial charge in [0.15, 0.2) is 11.5 Å². The van der Waals surface area contributed by atoms with Crippen LogP contribution in [0.25, 0.3) is 0 Å². The summed E-state index contributed by atoms with van der Waals surface area (Å²) >= 11 is 6.37. The summed E-state index contributed by atoms with van der Waals surface area (Å²) in [6, 6.07) is 13.6. The molecule has 3 aromatic rings. The average molecular weight is 376 g/mol. The minimum atomic E-state index is -0.282. The van der Waals surface area contributed by atoms with Crippen molar-refractivity contribution in [1.29, 1.82) is 0 Å². The van der Waals surface area contributed by atoms with Crippen LogP contribution in [0, 0.1) is 5.82 Å². The molecule has 0 atom stereocenters. The smallest absolute Gasteiger partial charge is 0.180 e. The van der Waals surface area contributed by atoms with Crippen LogP contribution in [0.4, 0.5) is 4.39 Å². The molecule has 6 heteroatoms. The van der Waals surface area contributed by atoms with Crippen molar-refractivity contribution < 1.29 is 18.3 Å². The zero-order valence-corrected chi connectivity index (χ0v) is 15.1. The van der Waals surface area contributed by atoms with E-state index in [1.54, 1.807) is 25.5 Å². The largest absolute Gasteiger partial charge is 0.493 e. The molecule has 0 saturated carbocycles. The Labute approximate surface area is 156 Å². The lowest BCUT2D eigenvalue weighted by molar-refractivity contribution is 0.284. The highest BCUT2D eigenvalue weighted by Crippen LogP contribution is 2.37. The Morgan fingerprint density at radius 3 is 2.58 bits per heavy atom. The van der Waals surface area contributed by atoms with E-state index in [-0.39, 0.29) is 12.4 Å². The van der Waals surface area contributed by atoms with Crippen LogP contribution >= 0.6 is 11.6 Å². The van der Waals surface area contributed by atoms with Crippen molar-refractivity contribution in [3.63, 3.8) is 0 Å². The first kappa shape index (κ1) is 18.3. The van der Waals surface area contributed by atoms with Crippen molar-refractivity contribution >= 4 is 11.6 Å². The molecule has 0 radical (unpaired) electrons. The highest BCUT2D eigenvalue weighted by Gasteiger charge is 2.12. The quantitative estimate of drug-likeness (QED) is 0.605. The number of furan rings is 1. The third kappa shape index (κ3) is 4.77. The molecule has 0 aliphatic rings. The van der Waals surface area contributed by atoms with Gasteiger partial charge in [-0.3, -0.25) is 0 Å². The molecule has 0 aliphatic heterocycles. The number of rotatable bonds is 8. The van der Waals surface area contributed by atoms with E-state index in [1.165, 1.54) is 12.1 Å². The number of ether oxygens (including phenoxy) is 2. The molecule has 0 aliphatic carbocycles. The van der Waals surface area contributed by atoms with Crippen LogP contribution in [-0.2, 0) is 19.7 Å². The Kier molecular flexibility index (Phi) is 6.15. The van der Waals surface area contributed by atoms with Crippen LogP contribution in [0.1, 0.15) is 16.9 Å². The Morgan fingerprint density at radius 1 is 1.08 bits per heavy atom. The second-order valence-electron chi connectivity index (χ2n) is 5.71. The summed E-state index contributed by atoms with van der Waals surface area (Å²) in [4.78, 5) is 0. The van der Waals surface area contributed by atoms with Gasteiger partial charge in [-0.2, -0.15) is 0 Å². The second kappa shape index (κ2) is 8.74. The van der Waals surface area contributed by atoms with Crippen LogP contribution in [-0.4, -0.2) is 7.11 Å². The van der Waals surface area contributed by atoms with Crippen molar-refractivity contribution in [1.82, 2.24) is 5.32 Å². The van der Waals surface area contributed by atoms with E-state index in [1.807, 2.05) is 24.3 Å². The van der Waals surface area contributed by atoms with Gasteiger partial charge in [0.25, 0.3) is 0 Å². The maximum absolute atomic E-state index is 13.0. The molecule has 136 valence electrons. The zero-order valence-electron chi connectivity index (χ0n) is 14.3. The van der Waals surface area contributed by atoms with Crippen molar-refractivity contribution in [2.75, 3.05) is 7.11 Å². The van der Waals surface area contributed by atoms with Gasteiger partial charge in [-0.25, -0.2) is 4.39 Å². The van der Waals surface area contributed by atoms with Gasteiger partial charge < -0.3 is 19.2 Å². The summed E-state index contributed by atoms with van der Waals surface area (Å²) in [7, 11) is 1.57. The minimum absolute atomic E-state index is 0.270. The molecule has 0 amide bonds. The number of halogens is 2. The molecule has 1 aromatic heterocycles. The lowest BCUT2D eigenvalue weighted by Crippen LogP contribution is -2.12. The van der Waals surface area contributed by atoms with Crippen molar-refractivity contribution in [2.45, 2.75) is 19.7 Å². The lowest BCUT2D eigenvalue weighted by Gasteiger charge is -2.14. The van der Waals surface area contributed by atoms with E-state index >= 15 is 0 Å². The number of benzene rings is 2. The molecule has 0 unspecified atom stereocenters. The predicted molar refractivity (Wildman–Crippen MR) is 98.0 cm³/mol. The summed E-state index contributed by atoms with van der Waals surface area (Å²) in [6.45, 7) is 1.50. The highest BCUT2D eigenvalue weighted by atomic mass is 35.5. The normalized spacial score (nSPS) is 10.7. The summed E-state index contributed by atoms with van der Waals surface area (Å²) in [5.74, 6) is 1.60. The molecule has 0 saturated heterocycles. The van der Waals surface area contributed by atoms with Crippen LogP contribution in [0.2, 0.25) is 5.02 Å². The molecule has 0 bridgehead atoms. The van der Waals surface area contributed by atoms with Gasteiger partial charge >= 0.3 is 0 Å². The number of hydrogen-bond acceptors (Lipinski definition) is 4. The van der Waals surface area contributed by atoms with Crippen LogP contribution in [0.15, 0.2) is 59.2 Å². The van der Waals surface area contributed by atoms with E-state index in [9.17, 15) is 4.39 Å². The summed E-state index contributed by atoms with van der Waals surface area (Å²) < 4.78 is 29.5. The van der Waals surface area contributed by atoms with Gasteiger partial charge in [-0.05, 0) is 47.5 Å². The molecule has 2 aromatic carbocycles. The zero-order chi connectivity index (χ0) is 18.4. The van der Waals surface area contributed by atoms with E-state index in [0.717, 1.165) is 16.9 Å². The van der Waals surface area contributed by atoms with Crippen molar-refractivity contribution in [3.05, 3.63) is 82.5 Å². The van der Waals surface area contributed by atoms with Gasteiger partial charge in [0.05, 0.1) is 24.9 Å². The lowest BCUT2D eigenvalue weighted by atomic mass is 10.2. The van der Waals surface area contributed by atoms with Gasteiger partial charge in [0.1, 0.15) is 18.2 Å². The molecule has 0 fully saturated rings. The van der Waals surface area contributed by atoms with E-state index in [0.29, 0.717) is 29.6 Å². The van der Waals surface area contributed by atoms with Gasteiger partial charge in [-0.1, -0.05) is 23.7 Å². The first-order chi connectivity index (χ1) is 12.7. The topological polar surface area (TPSA) is 43.6 Å². The van der Waals surface area contributed by atoms with Gasteiger partial charge in [0, 0.05) is 6.54 Å². The fourth-order valence-corrected chi connectivity index (χ4v) is 2.78. The summed E-state index contributed by atoms with van der Waals surface area (Å²) in [6.07, 6.45) is 1.64. The highest BCUT2D eigenvalue weighted by molar-refractivity contribution is 6.32. The second-order valence-corrected chi connectivity index (χ2v) is 6.11. The molecule has 1 heterocycles. The fourth-order valence-electron chi connectivity index (χ4n) is 2.49. The Bertz CT molecular complexity index is 835. The Morgan fingerprint density at radius 2 is 1.88 bits per heavy atom. The number of hydrogen-bond donors (Lipinski definition) is 1. The Balaban J connectivity index is 1.65. The molecule has 3 rings (SSSR count). The summed E-state index contributed by atoms with van der Waals surface area (Å²) in [5.41, 5.74) is 1.81. The van der Waals surface area contributed by atoms with Gasteiger partial charge in [0.2, 0.25) is 0 Å². The Hall–Kier alpha value is -2.50. The van der Waals surface area contributed by atoms with E-state index < -0.39 is 0 Å². The average Bonchev–Trinajstić information content (AvgIpc) is 3.15. The minimum Gasteiger partial charge on any atom is -0.493 e. The molecule has 4 nitrogen and oxygen atoms in total.